The molecule has 0 atom stereocenters. The normalized spacial score (nSPS) is 10.2. The van der Waals surface area contributed by atoms with Crippen LogP contribution in [0.1, 0.15) is 0 Å². The van der Waals surface area contributed by atoms with Gasteiger partial charge in [0.25, 0.3) is 0 Å². The van der Waals surface area contributed by atoms with Crippen molar-refractivity contribution in [3.8, 4) is 0 Å². The van der Waals surface area contributed by atoms with Gasteiger partial charge in [-0.3, -0.25) is 0 Å². The molecule has 2 aromatic rings. The molecule has 0 aliphatic carbocycles. The Kier molecular flexibility index (Phi) is 4.55. The fourth-order valence-corrected chi connectivity index (χ4v) is 1.29. The monoisotopic (exact) mass is 272 g/mol. The molecular formula is C14H12N2O4+2. The lowest BCUT2D eigenvalue weighted by atomic mass is 10.5. The van der Waals surface area contributed by atoms with Gasteiger partial charge < -0.3 is 0 Å². The van der Waals surface area contributed by atoms with Gasteiger partial charge in [0.1, 0.15) is 0 Å². The van der Waals surface area contributed by atoms with Gasteiger partial charge >= 0.3 is 11.9 Å². The van der Waals surface area contributed by atoms with E-state index in [2.05, 4.69) is 0 Å². The SMILES string of the molecule is O=C(/C=C\C(=O)O[n+]1ccccc1)O[n+]1ccccc1. The third-order valence-corrected chi connectivity index (χ3v) is 2.12. The summed E-state index contributed by atoms with van der Waals surface area (Å²) in [5.74, 6) is -1.37. The maximum absolute atomic E-state index is 11.4. The summed E-state index contributed by atoms with van der Waals surface area (Å²) >= 11 is 0. The molecule has 2 aromatic heterocycles. The number of hydrogen-bond acceptors (Lipinski definition) is 4. The second kappa shape index (κ2) is 6.79. The fraction of sp³-hybridized carbons (Fsp3) is 0. The van der Waals surface area contributed by atoms with E-state index in [0.29, 0.717) is 0 Å². The van der Waals surface area contributed by atoms with Gasteiger partial charge in [-0.2, -0.15) is 9.68 Å². The van der Waals surface area contributed by atoms with Gasteiger partial charge in [-0.05, 0) is 0 Å². The first-order chi connectivity index (χ1) is 9.74. The maximum atomic E-state index is 11.4. The van der Waals surface area contributed by atoms with Crippen LogP contribution in [-0.4, -0.2) is 11.9 Å². The van der Waals surface area contributed by atoms with E-state index in [0.717, 1.165) is 12.2 Å². The molecule has 100 valence electrons. The Morgan fingerprint density at radius 1 is 0.650 bits per heavy atom. The molecule has 20 heavy (non-hydrogen) atoms. The van der Waals surface area contributed by atoms with Crippen LogP contribution in [0.15, 0.2) is 73.3 Å². The maximum Gasteiger partial charge on any atom is 0.404 e. The minimum absolute atomic E-state index is 0.684. The molecular weight excluding hydrogens is 260 g/mol. The summed E-state index contributed by atoms with van der Waals surface area (Å²) < 4.78 is 2.45. The van der Waals surface area contributed by atoms with Crippen molar-refractivity contribution in [3.63, 3.8) is 0 Å². The average Bonchev–Trinajstić information content (AvgIpc) is 2.47. The Balaban J connectivity index is 1.86. The molecule has 0 aliphatic rings. The lowest BCUT2D eigenvalue weighted by Gasteiger charge is -1.92. The van der Waals surface area contributed by atoms with Gasteiger partial charge in [0, 0.05) is 45.9 Å². The molecule has 6 nitrogen and oxygen atoms in total. The third-order valence-electron chi connectivity index (χ3n) is 2.12. The van der Waals surface area contributed by atoms with Crippen LogP contribution in [-0.2, 0) is 9.59 Å². The van der Waals surface area contributed by atoms with E-state index in [-0.39, 0.29) is 0 Å². The lowest BCUT2D eigenvalue weighted by molar-refractivity contribution is -0.869. The Morgan fingerprint density at radius 3 is 1.35 bits per heavy atom. The van der Waals surface area contributed by atoms with Crippen molar-refractivity contribution in [1.29, 1.82) is 0 Å². The van der Waals surface area contributed by atoms with Gasteiger partial charge in [-0.25, -0.2) is 9.59 Å². The predicted molar refractivity (Wildman–Crippen MR) is 65.6 cm³/mol. The highest BCUT2D eigenvalue weighted by Gasteiger charge is 2.10. The Hall–Kier alpha value is -3.02. The summed E-state index contributed by atoms with van der Waals surface area (Å²) in [5, 5.41) is 0. The van der Waals surface area contributed by atoms with Gasteiger partial charge in [0.2, 0.25) is 24.8 Å². The number of hydrogen-bond donors (Lipinski definition) is 0. The molecule has 0 saturated heterocycles. The molecule has 0 unspecified atom stereocenters. The third kappa shape index (κ3) is 4.34. The highest BCUT2D eigenvalue weighted by Crippen LogP contribution is 1.80. The van der Waals surface area contributed by atoms with Crippen LogP contribution in [0.3, 0.4) is 0 Å². The van der Waals surface area contributed by atoms with E-state index in [4.69, 9.17) is 9.68 Å². The molecule has 0 aliphatic heterocycles. The van der Waals surface area contributed by atoms with E-state index in [9.17, 15) is 9.59 Å². The molecule has 0 N–H and O–H groups in total. The van der Waals surface area contributed by atoms with Crippen molar-refractivity contribution >= 4 is 11.9 Å². The van der Waals surface area contributed by atoms with Crippen LogP contribution in [0, 0.1) is 0 Å². The molecule has 0 aromatic carbocycles. The zero-order valence-corrected chi connectivity index (χ0v) is 10.5. The minimum Gasteiger partial charge on any atom is -0.239 e. The van der Waals surface area contributed by atoms with Crippen molar-refractivity contribution in [3.05, 3.63) is 73.3 Å². The highest BCUT2D eigenvalue weighted by molar-refractivity contribution is 5.91. The lowest BCUT2D eigenvalue weighted by Crippen LogP contribution is -2.45. The average molecular weight is 272 g/mol. The Bertz CT molecular complexity index is 556. The zero-order chi connectivity index (χ0) is 14.2. The fourth-order valence-electron chi connectivity index (χ4n) is 1.29. The van der Waals surface area contributed by atoms with Gasteiger partial charge in [0.05, 0.1) is 0 Å². The molecule has 0 spiro atoms. The first kappa shape index (κ1) is 13.4. The Labute approximate surface area is 115 Å². The van der Waals surface area contributed by atoms with Gasteiger partial charge in [-0.15, -0.1) is 0 Å². The van der Waals surface area contributed by atoms with E-state index < -0.39 is 11.9 Å². The quantitative estimate of drug-likeness (QED) is 0.552. The van der Waals surface area contributed by atoms with Gasteiger partial charge in [-0.1, -0.05) is 12.1 Å². The van der Waals surface area contributed by atoms with Crippen LogP contribution in [0.4, 0.5) is 0 Å². The number of carbonyl (C=O) groups is 2. The Morgan fingerprint density at radius 2 is 1.00 bits per heavy atom. The first-order valence-electron chi connectivity index (χ1n) is 5.79. The van der Waals surface area contributed by atoms with Crippen LogP contribution < -0.4 is 19.1 Å². The van der Waals surface area contributed by atoms with E-state index >= 15 is 0 Å². The summed E-state index contributed by atoms with van der Waals surface area (Å²) in [6.45, 7) is 0. The number of pyridine rings is 2. The molecule has 0 bridgehead atoms. The second-order valence-electron chi connectivity index (χ2n) is 3.62. The van der Waals surface area contributed by atoms with Crippen LogP contribution in [0.25, 0.3) is 0 Å². The second-order valence-corrected chi connectivity index (χ2v) is 3.62. The van der Waals surface area contributed by atoms with Crippen molar-refractivity contribution in [2.75, 3.05) is 0 Å². The number of nitrogens with zero attached hydrogens (tertiary/aromatic N) is 2. The van der Waals surface area contributed by atoms with Crippen molar-refractivity contribution in [2.45, 2.75) is 0 Å². The van der Waals surface area contributed by atoms with Crippen molar-refractivity contribution in [2.24, 2.45) is 0 Å². The molecule has 2 rings (SSSR count). The summed E-state index contributed by atoms with van der Waals surface area (Å²) in [5.41, 5.74) is 0. The minimum atomic E-state index is -0.684. The van der Waals surface area contributed by atoms with E-state index in [1.165, 1.54) is 9.46 Å². The highest BCUT2D eigenvalue weighted by atomic mass is 16.7. The van der Waals surface area contributed by atoms with Crippen LogP contribution >= 0.6 is 0 Å². The van der Waals surface area contributed by atoms with Crippen molar-refractivity contribution < 1.29 is 28.7 Å². The number of carbonyl (C=O) groups excluding carboxylic acids is 2. The molecule has 0 fully saturated rings. The summed E-state index contributed by atoms with van der Waals surface area (Å²) in [6.07, 6.45) is 8.22. The number of aromatic nitrogens is 2. The van der Waals surface area contributed by atoms with Crippen molar-refractivity contribution in [1.82, 2.24) is 0 Å². The summed E-state index contributed by atoms with van der Waals surface area (Å²) in [7, 11) is 0. The van der Waals surface area contributed by atoms with E-state index in [1.807, 2.05) is 0 Å². The van der Waals surface area contributed by atoms with Crippen LogP contribution in [0.5, 0.6) is 0 Å². The molecule has 6 heteroatoms. The topological polar surface area (TPSA) is 60.4 Å². The van der Waals surface area contributed by atoms with Crippen LogP contribution in [0.2, 0.25) is 0 Å². The summed E-state index contributed by atoms with van der Waals surface area (Å²) in [4.78, 5) is 32.6. The standard InChI is InChI=1S/C14H12N2O4/c17-13(19-15-9-3-1-4-10-15)7-8-14(18)20-16-11-5-2-6-12-16/h1-12H/q+2/b8-7-. The smallest absolute Gasteiger partial charge is 0.239 e. The zero-order valence-electron chi connectivity index (χ0n) is 10.5. The molecule has 0 radical (unpaired) electrons. The summed E-state index contributed by atoms with van der Waals surface area (Å²) in [6, 6.07) is 10.4. The predicted octanol–water partition coefficient (Wildman–Crippen LogP) is -0.572. The number of rotatable bonds is 4. The first-order valence-corrected chi connectivity index (χ1v) is 5.79. The molecule has 0 saturated carbocycles. The molecule has 2 heterocycles. The van der Waals surface area contributed by atoms with Gasteiger partial charge in [0.15, 0.2) is 0 Å². The largest absolute Gasteiger partial charge is 0.404 e. The van der Waals surface area contributed by atoms with E-state index in [1.54, 1.807) is 61.2 Å². The molecule has 0 amide bonds.